The lowest BCUT2D eigenvalue weighted by atomic mass is 10.0. The summed E-state index contributed by atoms with van der Waals surface area (Å²) in [6, 6.07) is 12.6. The summed E-state index contributed by atoms with van der Waals surface area (Å²) in [5.41, 5.74) is 5.37. The molecule has 1 saturated heterocycles. The Morgan fingerprint density at radius 1 is 0.889 bits per heavy atom. The third kappa shape index (κ3) is 9.62. The maximum absolute atomic E-state index is 12.9. The maximum atomic E-state index is 12.9. The normalized spacial score (nSPS) is 17.4. The third-order valence-electron chi connectivity index (χ3n) is 5.99. The van der Waals surface area contributed by atoms with E-state index in [9.17, 15) is 9.59 Å². The number of hydrogen-bond acceptors (Lipinski definition) is 4. The van der Waals surface area contributed by atoms with E-state index in [4.69, 9.17) is 5.11 Å². The van der Waals surface area contributed by atoms with E-state index in [-0.39, 0.29) is 24.4 Å². The fraction of sp³-hybridized carbons (Fsp3) is 0.533. The van der Waals surface area contributed by atoms with Crippen LogP contribution in [0.1, 0.15) is 75.8 Å². The van der Waals surface area contributed by atoms with Gasteiger partial charge in [0.2, 0.25) is 5.91 Å². The number of carboxylic acid groups (broad SMARTS) is 1. The number of carboxylic acids is 1. The molecule has 0 bridgehead atoms. The number of piperazine rings is 1. The molecular formula is C30H46N2O3S. The van der Waals surface area contributed by atoms with Gasteiger partial charge < -0.3 is 10.0 Å². The highest BCUT2D eigenvalue weighted by Crippen LogP contribution is 2.32. The maximum Gasteiger partial charge on any atom is 0.307 e. The summed E-state index contributed by atoms with van der Waals surface area (Å²) in [6.45, 7) is 20.0. The smallest absolute Gasteiger partial charge is 0.307 e. The Kier molecular flexibility index (Phi) is 13.9. The average Bonchev–Trinajstić information content (AvgIpc) is 2.82. The molecule has 1 aliphatic heterocycles. The molecule has 0 saturated carbocycles. The summed E-state index contributed by atoms with van der Waals surface area (Å²) < 4.78 is 2.33. The van der Waals surface area contributed by atoms with Crippen LogP contribution in [0.25, 0.3) is 0 Å². The van der Waals surface area contributed by atoms with Crippen molar-refractivity contribution in [1.82, 2.24) is 9.21 Å². The molecule has 0 aliphatic carbocycles. The third-order valence-corrected chi connectivity index (χ3v) is 7.39. The predicted molar refractivity (Wildman–Crippen MR) is 153 cm³/mol. The molecule has 0 aromatic heterocycles. The van der Waals surface area contributed by atoms with Gasteiger partial charge in [-0.15, -0.1) is 0 Å². The molecule has 1 heterocycles. The fourth-order valence-corrected chi connectivity index (χ4v) is 5.13. The van der Waals surface area contributed by atoms with Gasteiger partial charge in [0, 0.05) is 30.1 Å². The van der Waals surface area contributed by atoms with Gasteiger partial charge in [0.25, 0.3) is 0 Å². The van der Waals surface area contributed by atoms with Crippen molar-refractivity contribution in [3.63, 3.8) is 0 Å². The van der Waals surface area contributed by atoms with E-state index < -0.39 is 5.97 Å². The first-order valence-electron chi connectivity index (χ1n) is 13.2. The molecule has 5 nitrogen and oxygen atoms in total. The highest BCUT2D eigenvalue weighted by atomic mass is 32.2. The fourth-order valence-electron chi connectivity index (χ4n) is 4.07. The molecule has 1 fully saturated rings. The zero-order chi connectivity index (χ0) is 27.4. The topological polar surface area (TPSA) is 60.9 Å². The quantitative estimate of drug-likeness (QED) is 0.427. The summed E-state index contributed by atoms with van der Waals surface area (Å²) >= 11 is 1.65. The monoisotopic (exact) mass is 514 g/mol. The number of benzene rings is 2. The van der Waals surface area contributed by atoms with Crippen LogP contribution in [0.3, 0.4) is 0 Å². The molecule has 6 heteroatoms. The van der Waals surface area contributed by atoms with Crippen molar-refractivity contribution in [3.8, 4) is 0 Å². The van der Waals surface area contributed by atoms with E-state index in [0.29, 0.717) is 19.5 Å². The largest absolute Gasteiger partial charge is 0.481 e. The molecule has 3 rings (SSSR count). The number of hydrogen-bond donors (Lipinski definition) is 1. The van der Waals surface area contributed by atoms with Crippen LogP contribution in [0.2, 0.25) is 0 Å². The predicted octanol–water partition coefficient (Wildman–Crippen LogP) is 6.85. The van der Waals surface area contributed by atoms with Crippen molar-refractivity contribution in [2.75, 3.05) is 13.1 Å². The Morgan fingerprint density at radius 2 is 1.44 bits per heavy atom. The van der Waals surface area contributed by atoms with E-state index in [2.05, 4.69) is 58.0 Å². The van der Waals surface area contributed by atoms with Crippen molar-refractivity contribution < 1.29 is 14.7 Å². The molecule has 1 N–H and O–H groups in total. The lowest BCUT2D eigenvalue weighted by Crippen LogP contribution is -2.55. The zero-order valence-corrected chi connectivity index (χ0v) is 24.5. The minimum absolute atomic E-state index is 0.0338. The summed E-state index contributed by atoms with van der Waals surface area (Å²) in [4.78, 5) is 27.1. The number of aryl methyl sites for hydroxylation is 3. The van der Waals surface area contributed by atoms with E-state index in [0.717, 1.165) is 21.6 Å². The van der Waals surface area contributed by atoms with Gasteiger partial charge in [-0.1, -0.05) is 58.4 Å². The Balaban J connectivity index is 0.00000120. The number of aliphatic carboxylic acids is 1. The molecule has 0 radical (unpaired) electrons. The summed E-state index contributed by atoms with van der Waals surface area (Å²) in [5, 5.41) is 9.15. The van der Waals surface area contributed by atoms with E-state index >= 15 is 0 Å². The van der Waals surface area contributed by atoms with Gasteiger partial charge in [0.1, 0.15) is 0 Å². The molecule has 0 spiro atoms. The zero-order valence-electron chi connectivity index (χ0n) is 23.7. The van der Waals surface area contributed by atoms with E-state index in [1.54, 1.807) is 11.9 Å². The number of nitrogens with zero attached hydrogens (tertiary/aromatic N) is 2. The van der Waals surface area contributed by atoms with Gasteiger partial charge in [-0.2, -0.15) is 0 Å². The Labute approximate surface area is 223 Å². The lowest BCUT2D eigenvalue weighted by molar-refractivity contribution is -0.136. The Hall–Kier alpha value is -2.31. The second-order valence-electron chi connectivity index (χ2n) is 9.41. The highest BCUT2D eigenvalue weighted by Gasteiger charge is 2.32. The van der Waals surface area contributed by atoms with Crippen LogP contribution in [0.5, 0.6) is 0 Å². The van der Waals surface area contributed by atoms with Crippen LogP contribution >= 0.6 is 11.9 Å². The van der Waals surface area contributed by atoms with Crippen molar-refractivity contribution in [1.29, 1.82) is 0 Å². The molecule has 2 unspecified atom stereocenters. The van der Waals surface area contributed by atoms with Crippen LogP contribution < -0.4 is 0 Å². The molecule has 1 aliphatic rings. The van der Waals surface area contributed by atoms with Gasteiger partial charge >= 0.3 is 5.97 Å². The first-order valence-corrected chi connectivity index (χ1v) is 13.9. The second-order valence-corrected chi connectivity index (χ2v) is 10.5. The summed E-state index contributed by atoms with van der Waals surface area (Å²) in [7, 11) is 0. The number of carbonyl (C=O) groups excluding carboxylic acids is 1. The van der Waals surface area contributed by atoms with Crippen LogP contribution in [-0.2, 0) is 22.4 Å². The summed E-state index contributed by atoms with van der Waals surface area (Å²) in [5.74, 6) is -0.645. The second kappa shape index (κ2) is 15.7. The SMILES string of the molecule is CC.CCC.Cc1ccc(CC(=O)N2CC(C)N(Sc3ccc(C)c(CC(=O)O)c3)C(C)C2)cc1C. The van der Waals surface area contributed by atoms with Gasteiger partial charge in [-0.3, -0.25) is 9.59 Å². The van der Waals surface area contributed by atoms with Crippen LogP contribution in [0.15, 0.2) is 41.3 Å². The average molecular weight is 515 g/mol. The first kappa shape index (κ1) is 31.7. The van der Waals surface area contributed by atoms with Gasteiger partial charge in [0.15, 0.2) is 0 Å². The van der Waals surface area contributed by atoms with Crippen molar-refractivity contribution >= 4 is 23.8 Å². The number of amides is 1. The minimum Gasteiger partial charge on any atom is -0.481 e. The number of rotatable bonds is 6. The van der Waals surface area contributed by atoms with Gasteiger partial charge in [-0.25, -0.2) is 4.31 Å². The summed E-state index contributed by atoms with van der Waals surface area (Å²) in [6.07, 6.45) is 1.72. The molecule has 2 aromatic carbocycles. The van der Waals surface area contributed by atoms with Crippen molar-refractivity contribution in [2.24, 2.45) is 0 Å². The molecule has 1 amide bonds. The Bertz CT molecular complexity index is 980. The Morgan fingerprint density at radius 3 is 1.97 bits per heavy atom. The molecule has 36 heavy (non-hydrogen) atoms. The molecular weight excluding hydrogens is 468 g/mol. The molecule has 2 aromatic rings. The van der Waals surface area contributed by atoms with Gasteiger partial charge in [0.05, 0.1) is 12.8 Å². The minimum atomic E-state index is -0.817. The van der Waals surface area contributed by atoms with Crippen molar-refractivity contribution in [2.45, 2.75) is 98.6 Å². The van der Waals surface area contributed by atoms with Crippen LogP contribution in [0.4, 0.5) is 0 Å². The first-order chi connectivity index (χ1) is 17.0. The highest BCUT2D eigenvalue weighted by molar-refractivity contribution is 7.97. The molecule has 200 valence electrons. The van der Waals surface area contributed by atoms with Gasteiger partial charge in [-0.05, 0) is 86.5 Å². The number of carbonyl (C=O) groups is 2. The molecule has 2 atom stereocenters. The van der Waals surface area contributed by atoms with Crippen LogP contribution in [0, 0.1) is 20.8 Å². The van der Waals surface area contributed by atoms with Crippen LogP contribution in [-0.4, -0.2) is 51.4 Å². The van der Waals surface area contributed by atoms with E-state index in [1.165, 1.54) is 17.5 Å². The van der Waals surface area contributed by atoms with E-state index in [1.807, 2.05) is 49.9 Å². The standard InChI is InChI=1S/C25H32N2O3S.C3H8.C2H6/c1-16-6-8-21(10-18(16)3)11-24(28)26-14-19(4)27(20(5)15-26)31-23-9-7-17(2)22(12-23)13-25(29)30;1-3-2;1-2/h6-10,12,19-20H,11,13-15H2,1-5H3,(H,29,30);3H2,1-2H3;1-2H3. The lowest BCUT2D eigenvalue weighted by Gasteiger charge is -2.43. The van der Waals surface area contributed by atoms with Crippen molar-refractivity contribution in [3.05, 3.63) is 64.2 Å².